The first kappa shape index (κ1) is 17.1. The first-order valence-electron chi connectivity index (χ1n) is 8.44. The van der Waals surface area contributed by atoms with Gasteiger partial charge in [-0.1, -0.05) is 19.3 Å². The van der Waals surface area contributed by atoms with Crippen LogP contribution in [0.2, 0.25) is 0 Å². The molecule has 0 saturated heterocycles. The summed E-state index contributed by atoms with van der Waals surface area (Å²) in [7, 11) is 1.45. The molecule has 2 aromatic rings. The molecule has 1 aromatic carbocycles. The van der Waals surface area contributed by atoms with E-state index in [4.69, 9.17) is 4.74 Å². The van der Waals surface area contributed by atoms with Crippen LogP contribution in [0.3, 0.4) is 0 Å². The molecule has 7 nitrogen and oxygen atoms in total. The topological polar surface area (TPSA) is 87.3 Å². The summed E-state index contributed by atoms with van der Waals surface area (Å²) in [5, 5.41) is 11.6. The maximum Gasteiger partial charge on any atom is 0.294 e. The summed E-state index contributed by atoms with van der Waals surface area (Å²) < 4.78 is 7.05. The first-order chi connectivity index (χ1) is 12.0. The lowest BCUT2D eigenvalue weighted by Crippen LogP contribution is -2.12. The number of nitrogens with zero attached hydrogens (tertiary/aromatic N) is 3. The number of imidazole rings is 1. The minimum atomic E-state index is -0.466. The van der Waals surface area contributed by atoms with Crippen molar-refractivity contribution in [1.82, 2.24) is 9.55 Å². The lowest BCUT2D eigenvalue weighted by molar-refractivity contribution is -0.384. The average molecular weight is 343 g/mol. The molecule has 1 fully saturated rings. The highest BCUT2D eigenvalue weighted by molar-refractivity contribution is 5.98. The van der Waals surface area contributed by atoms with E-state index >= 15 is 0 Å². The minimum absolute atomic E-state index is 0.124. The smallest absolute Gasteiger partial charge is 0.294 e. The van der Waals surface area contributed by atoms with Crippen molar-refractivity contribution in [2.24, 2.45) is 0 Å². The molecule has 1 aliphatic carbocycles. The lowest BCUT2D eigenvalue weighted by atomic mass is 9.88. The Morgan fingerprint density at radius 2 is 2.04 bits per heavy atom. The number of nitro groups is 1. The number of hydrogen-bond acceptors (Lipinski definition) is 5. The molecule has 0 atom stereocenters. The quantitative estimate of drug-likeness (QED) is 0.464. The normalized spacial score (nSPS) is 15.1. The summed E-state index contributed by atoms with van der Waals surface area (Å²) in [4.78, 5) is 27.4. The van der Waals surface area contributed by atoms with Crippen LogP contribution in [0.4, 0.5) is 5.69 Å². The van der Waals surface area contributed by atoms with Crippen LogP contribution < -0.4 is 4.74 Å². The lowest BCUT2D eigenvalue weighted by Gasteiger charge is -2.22. The van der Waals surface area contributed by atoms with Crippen LogP contribution in [0, 0.1) is 10.1 Å². The van der Waals surface area contributed by atoms with Crippen LogP contribution in [0.1, 0.15) is 61.1 Å². The Morgan fingerprint density at radius 1 is 1.32 bits per heavy atom. The SMILES string of the molecule is COc1cc(-n2ccnc2C2CCCCC2)c([N+](=O)[O-])cc1C(C)=O. The van der Waals surface area contributed by atoms with Gasteiger partial charge in [0.2, 0.25) is 0 Å². The molecular weight excluding hydrogens is 322 g/mol. The average Bonchev–Trinajstić information content (AvgIpc) is 3.10. The molecule has 0 spiro atoms. The highest BCUT2D eigenvalue weighted by atomic mass is 16.6. The third-order valence-electron chi connectivity index (χ3n) is 4.77. The van der Waals surface area contributed by atoms with Gasteiger partial charge in [-0.25, -0.2) is 4.98 Å². The molecule has 1 aliphatic rings. The summed E-state index contributed by atoms with van der Waals surface area (Å²) in [6.45, 7) is 1.37. The van der Waals surface area contributed by atoms with Crippen molar-refractivity contribution in [1.29, 1.82) is 0 Å². The molecular formula is C18H21N3O4. The highest BCUT2D eigenvalue weighted by Crippen LogP contribution is 2.37. The molecule has 1 saturated carbocycles. The van der Waals surface area contributed by atoms with E-state index in [9.17, 15) is 14.9 Å². The van der Waals surface area contributed by atoms with Crippen molar-refractivity contribution in [3.05, 3.63) is 46.0 Å². The van der Waals surface area contributed by atoms with E-state index in [0.29, 0.717) is 17.4 Å². The minimum Gasteiger partial charge on any atom is -0.496 e. The van der Waals surface area contributed by atoms with Crippen molar-refractivity contribution >= 4 is 11.5 Å². The zero-order valence-electron chi connectivity index (χ0n) is 14.4. The van der Waals surface area contributed by atoms with Gasteiger partial charge in [0.15, 0.2) is 5.78 Å². The number of aromatic nitrogens is 2. The molecule has 7 heteroatoms. The molecule has 0 N–H and O–H groups in total. The molecule has 0 unspecified atom stereocenters. The van der Waals surface area contributed by atoms with Crippen LogP contribution in [0.15, 0.2) is 24.5 Å². The van der Waals surface area contributed by atoms with Crippen molar-refractivity contribution in [2.45, 2.75) is 44.9 Å². The number of carbonyl (C=O) groups excluding carboxylic acids is 1. The van der Waals surface area contributed by atoms with Gasteiger partial charge in [-0.15, -0.1) is 0 Å². The fourth-order valence-corrected chi connectivity index (χ4v) is 3.52. The van der Waals surface area contributed by atoms with Gasteiger partial charge in [-0.2, -0.15) is 0 Å². The maximum atomic E-state index is 11.8. The molecule has 1 aromatic heterocycles. The zero-order valence-corrected chi connectivity index (χ0v) is 14.4. The van der Waals surface area contributed by atoms with Crippen molar-refractivity contribution in [2.75, 3.05) is 7.11 Å². The Kier molecular flexibility index (Phi) is 4.83. The second-order valence-corrected chi connectivity index (χ2v) is 6.34. The number of Topliss-reactive ketones (excluding diaryl/α,β-unsaturated/α-hetero) is 1. The van der Waals surface area contributed by atoms with Gasteiger partial charge < -0.3 is 4.74 Å². The number of hydrogen-bond donors (Lipinski definition) is 0. The molecule has 1 heterocycles. The van der Waals surface area contributed by atoms with E-state index in [1.54, 1.807) is 23.0 Å². The fraction of sp³-hybridized carbons (Fsp3) is 0.444. The van der Waals surface area contributed by atoms with Crippen molar-refractivity contribution in [3.8, 4) is 11.4 Å². The van der Waals surface area contributed by atoms with Crippen LogP contribution >= 0.6 is 0 Å². The van der Waals surface area contributed by atoms with Gasteiger partial charge in [0.1, 0.15) is 17.3 Å². The van der Waals surface area contributed by atoms with E-state index < -0.39 is 4.92 Å². The van der Waals surface area contributed by atoms with Gasteiger partial charge in [-0.05, 0) is 19.8 Å². The second-order valence-electron chi connectivity index (χ2n) is 6.34. The Labute approximate surface area is 145 Å². The number of methoxy groups -OCH3 is 1. The Hall–Kier alpha value is -2.70. The molecule has 0 amide bonds. The monoisotopic (exact) mass is 343 g/mol. The van der Waals surface area contributed by atoms with Gasteiger partial charge in [0.25, 0.3) is 5.69 Å². The van der Waals surface area contributed by atoms with Crippen molar-refractivity contribution in [3.63, 3.8) is 0 Å². The predicted molar refractivity (Wildman–Crippen MR) is 92.6 cm³/mol. The van der Waals surface area contributed by atoms with Crippen LogP contribution in [0.25, 0.3) is 5.69 Å². The number of benzene rings is 1. The van der Waals surface area contributed by atoms with E-state index in [-0.39, 0.29) is 17.0 Å². The Bertz CT molecular complexity index is 807. The van der Waals surface area contributed by atoms with Gasteiger partial charge in [0.05, 0.1) is 17.6 Å². The largest absolute Gasteiger partial charge is 0.496 e. The number of ether oxygens (including phenoxy) is 1. The second kappa shape index (κ2) is 7.04. The van der Waals surface area contributed by atoms with Crippen LogP contribution in [-0.4, -0.2) is 27.4 Å². The van der Waals surface area contributed by atoms with E-state index in [1.807, 2.05) is 0 Å². The number of rotatable bonds is 5. The molecule has 132 valence electrons. The maximum absolute atomic E-state index is 11.8. The molecule has 25 heavy (non-hydrogen) atoms. The molecule has 3 rings (SSSR count). The summed E-state index contributed by atoms with van der Waals surface area (Å²) in [6.07, 6.45) is 8.98. The van der Waals surface area contributed by atoms with E-state index in [1.165, 1.54) is 26.5 Å². The number of carbonyl (C=O) groups is 1. The van der Waals surface area contributed by atoms with Crippen LogP contribution in [-0.2, 0) is 0 Å². The summed E-state index contributed by atoms with van der Waals surface area (Å²) in [5.41, 5.74) is 0.461. The summed E-state index contributed by atoms with van der Waals surface area (Å²) in [5.74, 6) is 1.18. The van der Waals surface area contributed by atoms with Gasteiger partial charge in [0, 0.05) is 30.4 Å². The molecule has 0 bridgehead atoms. The van der Waals surface area contributed by atoms with Gasteiger partial charge >= 0.3 is 0 Å². The number of ketones is 1. The molecule has 0 radical (unpaired) electrons. The third kappa shape index (κ3) is 3.26. The summed E-state index contributed by atoms with van der Waals surface area (Å²) >= 11 is 0. The fourth-order valence-electron chi connectivity index (χ4n) is 3.52. The predicted octanol–water partition coefficient (Wildman–Crippen LogP) is 4.04. The molecule has 0 aliphatic heterocycles. The van der Waals surface area contributed by atoms with Crippen LogP contribution in [0.5, 0.6) is 5.75 Å². The Morgan fingerprint density at radius 3 is 2.64 bits per heavy atom. The van der Waals surface area contributed by atoms with E-state index in [0.717, 1.165) is 31.5 Å². The summed E-state index contributed by atoms with van der Waals surface area (Å²) in [6, 6.07) is 2.85. The standard InChI is InChI=1S/C18H21N3O4/c1-12(22)14-10-16(21(23)24)15(11-17(14)25-2)20-9-8-19-18(20)13-6-4-3-5-7-13/h8-11,13H,3-7H2,1-2H3. The zero-order chi connectivity index (χ0) is 18.0. The Balaban J connectivity index is 2.15. The van der Waals surface area contributed by atoms with Crippen molar-refractivity contribution < 1.29 is 14.5 Å². The van der Waals surface area contributed by atoms with E-state index in [2.05, 4.69) is 4.98 Å². The highest BCUT2D eigenvalue weighted by Gasteiger charge is 2.26. The van der Waals surface area contributed by atoms with Gasteiger partial charge in [-0.3, -0.25) is 19.5 Å². The number of nitro benzene ring substituents is 1. The third-order valence-corrected chi connectivity index (χ3v) is 4.77. The first-order valence-corrected chi connectivity index (χ1v) is 8.44.